The molecule has 1 aliphatic heterocycles. The quantitative estimate of drug-likeness (QED) is 0.223. The number of nitrogens with one attached hydrogen (secondary N) is 1. The molecular formula is C22H39IN4O2. The normalized spacial score (nSPS) is 15.1. The number of guanidine groups is 1. The largest absolute Gasteiger partial charge is 0.494 e. The molecule has 0 aromatic heterocycles. The zero-order chi connectivity index (χ0) is 20.2. The Hall–Kier alpha value is -1.06. The van der Waals surface area contributed by atoms with Gasteiger partial charge in [-0.2, -0.15) is 0 Å². The molecule has 0 spiro atoms. The molecule has 1 aliphatic rings. The lowest BCUT2D eigenvalue weighted by molar-refractivity contribution is 0.0625. The van der Waals surface area contributed by atoms with E-state index in [0.29, 0.717) is 0 Å². The second-order valence-corrected chi connectivity index (χ2v) is 7.82. The number of rotatable bonds is 10. The van der Waals surface area contributed by atoms with E-state index in [-0.39, 0.29) is 24.0 Å². The monoisotopic (exact) mass is 518 g/mol. The third-order valence-corrected chi connectivity index (χ3v) is 5.18. The van der Waals surface area contributed by atoms with Crippen molar-refractivity contribution in [1.29, 1.82) is 0 Å². The predicted octanol–water partition coefficient (Wildman–Crippen LogP) is 3.46. The standard InChI is InChI=1S/C22H38N4O2.HI/c1-23-22(26(4)14-10-19-11-16-27-17-12-19)24-18-20-6-8-21(9-7-20)28-15-5-13-25(2)3;/h6-9,19H,5,10-18H2,1-4H3,(H,23,24);1H. The van der Waals surface area contributed by atoms with Crippen LogP contribution in [0.3, 0.4) is 0 Å². The Morgan fingerprint density at radius 3 is 2.45 bits per heavy atom. The molecular weight excluding hydrogens is 479 g/mol. The molecule has 1 heterocycles. The van der Waals surface area contributed by atoms with E-state index < -0.39 is 0 Å². The van der Waals surface area contributed by atoms with Crippen LogP contribution in [-0.2, 0) is 11.3 Å². The topological polar surface area (TPSA) is 49.3 Å². The van der Waals surface area contributed by atoms with Crippen molar-refractivity contribution < 1.29 is 9.47 Å². The average molecular weight is 518 g/mol. The fourth-order valence-corrected chi connectivity index (χ4v) is 3.36. The molecule has 1 fully saturated rings. The summed E-state index contributed by atoms with van der Waals surface area (Å²) in [5.74, 6) is 2.65. The van der Waals surface area contributed by atoms with Gasteiger partial charge in [-0.15, -0.1) is 24.0 Å². The van der Waals surface area contributed by atoms with Gasteiger partial charge in [-0.1, -0.05) is 12.1 Å². The van der Waals surface area contributed by atoms with E-state index in [0.717, 1.165) is 63.5 Å². The number of aliphatic imine (C=N–C) groups is 1. The molecule has 2 rings (SSSR count). The molecule has 0 atom stereocenters. The summed E-state index contributed by atoms with van der Waals surface area (Å²) in [6, 6.07) is 8.32. The van der Waals surface area contributed by atoms with Gasteiger partial charge in [0.2, 0.25) is 0 Å². The summed E-state index contributed by atoms with van der Waals surface area (Å²) in [4.78, 5) is 8.82. The summed E-state index contributed by atoms with van der Waals surface area (Å²) < 4.78 is 11.2. The summed E-state index contributed by atoms with van der Waals surface area (Å²) in [7, 11) is 8.12. The summed E-state index contributed by atoms with van der Waals surface area (Å²) in [5.41, 5.74) is 1.22. The van der Waals surface area contributed by atoms with Crippen LogP contribution in [0.4, 0.5) is 0 Å². The van der Waals surface area contributed by atoms with Crippen LogP contribution in [0, 0.1) is 5.92 Å². The van der Waals surface area contributed by atoms with Crippen LogP contribution in [0.5, 0.6) is 5.75 Å². The fraction of sp³-hybridized carbons (Fsp3) is 0.682. The minimum Gasteiger partial charge on any atom is -0.494 e. The molecule has 0 bridgehead atoms. The molecule has 1 aromatic rings. The summed E-state index contributed by atoms with van der Waals surface area (Å²) in [5, 5.41) is 3.46. The maximum Gasteiger partial charge on any atom is 0.193 e. The van der Waals surface area contributed by atoms with Gasteiger partial charge < -0.3 is 24.6 Å². The van der Waals surface area contributed by atoms with Crippen molar-refractivity contribution in [3.05, 3.63) is 29.8 Å². The Labute approximate surface area is 194 Å². The average Bonchev–Trinajstić information content (AvgIpc) is 2.71. The van der Waals surface area contributed by atoms with Gasteiger partial charge in [0.15, 0.2) is 5.96 Å². The van der Waals surface area contributed by atoms with E-state index in [1.807, 2.05) is 19.2 Å². The number of hydrogen-bond acceptors (Lipinski definition) is 4. The zero-order valence-corrected chi connectivity index (χ0v) is 20.9. The summed E-state index contributed by atoms with van der Waals surface area (Å²) >= 11 is 0. The first-order valence-electron chi connectivity index (χ1n) is 10.4. The van der Waals surface area contributed by atoms with Crippen molar-refractivity contribution >= 4 is 29.9 Å². The third kappa shape index (κ3) is 10.5. The van der Waals surface area contributed by atoms with E-state index in [9.17, 15) is 0 Å². The van der Waals surface area contributed by atoms with E-state index in [1.54, 1.807) is 0 Å². The van der Waals surface area contributed by atoms with Crippen LogP contribution in [0.25, 0.3) is 0 Å². The highest BCUT2D eigenvalue weighted by Crippen LogP contribution is 2.18. The van der Waals surface area contributed by atoms with E-state index in [4.69, 9.17) is 9.47 Å². The molecule has 29 heavy (non-hydrogen) atoms. The Bertz CT molecular complexity index is 575. The van der Waals surface area contributed by atoms with Crippen LogP contribution in [0.2, 0.25) is 0 Å². The molecule has 0 amide bonds. The first-order chi connectivity index (χ1) is 13.6. The smallest absolute Gasteiger partial charge is 0.193 e. The van der Waals surface area contributed by atoms with Gasteiger partial charge in [0.25, 0.3) is 0 Å². The zero-order valence-electron chi connectivity index (χ0n) is 18.5. The first-order valence-corrected chi connectivity index (χ1v) is 10.4. The van der Waals surface area contributed by atoms with Crippen molar-refractivity contribution in [3.63, 3.8) is 0 Å². The molecule has 0 aliphatic carbocycles. The lowest BCUT2D eigenvalue weighted by Gasteiger charge is -2.26. The van der Waals surface area contributed by atoms with Gasteiger partial charge in [-0.05, 0) is 63.4 Å². The van der Waals surface area contributed by atoms with Crippen molar-refractivity contribution in [1.82, 2.24) is 15.1 Å². The predicted molar refractivity (Wildman–Crippen MR) is 132 cm³/mol. The van der Waals surface area contributed by atoms with Gasteiger partial charge in [0, 0.05) is 46.9 Å². The Kier molecular flexibility index (Phi) is 13.3. The number of benzene rings is 1. The Morgan fingerprint density at radius 2 is 1.83 bits per heavy atom. The molecule has 0 unspecified atom stereocenters. The van der Waals surface area contributed by atoms with E-state index in [1.165, 1.54) is 24.8 Å². The fourth-order valence-electron chi connectivity index (χ4n) is 3.36. The highest BCUT2D eigenvalue weighted by molar-refractivity contribution is 14.0. The van der Waals surface area contributed by atoms with Gasteiger partial charge in [0.1, 0.15) is 5.75 Å². The van der Waals surface area contributed by atoms with Crippen LogP contribution in [0.15, 0.2) is 29.3 Å². The van der Waals surface area contributed by atoms with Crippen molar-refractivity contribution in [2.75, 3.05) is 61.1 Å². The van der Waals surface area contributed by atoms with Crippen molar-refractivity contribution in [3.8, 4) is 5.75 Å². The van der Waals surface area contributed by atoms with E-state index >= 15 is 0 Å². The van der Waals surface area contributed by atoms with Crippen LogP contribution < -0.4 is 10.1 Å². The number of halogens is 1. The minimum atomic E-state index is 0. The molecule has 6 nitrogen and oxygen atoms in total. The minimum absolute atomic E-state index is 0. The van der Waals surface area contributed by atoms with Crippen LogP contribution in [-0.4, -0.2) is 76.9 Å². The van der Waals surface area contributed by atoms with E-state index in [2.05, 4.69) is 53.4 Å². The molecule has 7 heteroatoms. The van der Waals surface area contributed by atoms with Gasteiger partial charge in [-0.25, -0.2) is 0 Å². The molecule has 1 N–H and O–H groups in total. The number of hydrogen-bond donors (Lipinski definition) is 1. The summed E-state index contributed by atoms with van der Waals surface area (Å²) in [6.45, 7) is 5.40. The van der Waals surface area contributed by atoms with Crippen molar-refractivity contribution in [2.45, 2.75) is 32.2 Å². The second-order valence-electron chi connectivity index (χ2n) is 7.82. The van der Waals surface area contributed by atoms with Gasteiger partial charge in [-0.3, -0.25) is 4.99 Å². The summed E-state index contributed by atoms with van der Waals surface area (Å²) in [6.07, 6.45) is 4.60. The first kappa shape index (κ1) is 26.0. The molecule has 1 aromatic carbocycles. The third-order valence-electron chi connectivity index (χ3n) is 5.18. The van der Waals surface area contributed by atoms with Gasteiger partial charge >= 0.3 is 0 Å². The SMILES string of the molecule is CN=C(NCc1ccc(OCCCN(C)C)cc1)N(C)CCC1CCOCC1.I. The number of ether oxygens (including phenoxy) is 2. The number of nitrogens with zero attached hydrogens (tertiary/aromatic N) is 3. The Morgan fingerprint density at radius 1 is 1.14 bits per heavy atom. The molecule has 0 saturated carbocycles. The lowest BCUT2D eigenvalue weighted by atomic mass is 9.96. The molecule has 1 saturated heterocycles. The highest BCUT2D eigenvalue weighted by Gasteiger charge is 2.15. The maximum absolute atomic E-state index is 5.80. The van der Waals surface area contributed by atoms with Gasteiger partial charge in [0.05, 0.1) is 6.61 Å². The van der Waals surface area contributed by atoms with Crippen LogP contribution >= 0.6 is 24.0 Å². The second kappa shape index (κ2) is 14.8. The van der Waals surface area contributed by atoms with Crippen molar-refractivity contribution in [2.24, 2.45) is 10.9 Å². The maximum atomic E-state index is 5.80. The lowest BCUT2D eigenvalue weighted by Crippen LogP contribution is -2.39. The van der Waals surface area contributed by atoms with Crippen LogP contribution in [0.1, 0.15) is 31.2 Å². The highest BCUT2D eigenvalue weighted by atomic mass is 127. The Balaban J connectivity index is 0.00000420. The molecule has 0 radical (unpaired) electrons. The molecule has 166 valence electrons.